The molecule has 0 atom stereocenters. The van der Waals surface area contributed by atoms with Crippen molar-refractivity contribution in [3.8, 4) is 5.88 Å². The molecule has 0 radical (unpaired) electrons. The second kappa shape index (κ2) is 9.93. The van der Waals surface area contributed by atoms with Crippen LogP contribution in [0.25, 0.3) is 0 Å². The van der Waals surface area contributed by atoms with E-state index in [-0.39, 0.29) is 32.5 Å². The van der Waals surface area contributed by atoms with E-state index in [9.17, 15) is 9.59 Å². The van der Waals surface area contributed by atoms with E-state index in [4.69, 9.17) is 39.5 Å². The summed E-state index contributed by atoms with van der Waals surface area (Å²) >= 11 is 17.5. The first-order valence-corrected chi connectivity index (χ1v) is 10.4. The van der Waals surface area contributed by atoms with Crippen LogP contribution >= 0.6 is 34.8 Å². The maximum atomic E-state index is 11.4. The van der Waals surface area contributed by atoms with Crippen LogP contribution in [-0.4, -0.2) is 53.2 Å². The minimum Gasteiger partial charge on any atom is -0.480 e. The fraction of sp³-hybridized carbons (Fsp3) is 0.474. The molecule has 0 N–H and O–H groups in total. The minimum absolute atomic E-state index is 0.0427. The lowest BCUT2D eigenvalue weighted by Crippen LogP contribution is -2.10. The van der Waals surface area contributed by atoms with Crippen LogP contribution in [0.4, 0.5) is 0 Å². The molecule has 0 unspecified atom stereocenters. The first-order chi connectivity index (χ1) is 14.8. The molecule has 2 aromatic rings. The summed E-state index contributed by atoms with van der Waals surface area (Å²) in [5.41, 5.74) is 0.110. The van der Waals surface area contributed by atoms with Crippen LogP contribution < -0.4 is 4.74 Å². The number of rotatable bonds is 5. The average molecular weight is 490 g/mol. The van der Waals surface area contributed by atoms with Crippen molar-refractivity contribution in [1.29, 1.82) is 0 Å². The van der Waals surface area contributed by atoms with Gasteiger partial charge in [-0.05, 0) is 25.7 Å². The number of methoxy groups -OCH3 is 3. The molecule has 12 heteroatoms. The summed E-state index contributed by atoms with van der Waals surface area (Å²) in [4.78, 5) is 39.1. The van der Waals surface area contributed by atoms with E-state index in [0.29, 0.717) is 23.5 Å². The van der Waals surface area contributed by atoms with Gasteiger partial charge in [0, 0.05) is 11.8 Å². The maximum absolute atomic E-state index is 11.4. The van der Waals surface area contributed by atoms with Gasteiger partial charge in [0.05, 0.1) is 21.3 Å². The SMILES string of the molecule is COC(=O)c1nc(C2CC2)nc(Cl)c1Cl.COC(=O)c1nc(C2CC2)nc(OC)c1Cl. The van der Waals surface area contributed by atoms with Crippen LogP contribution in [0.2, 0.25) is 15.2 Å². The fourth-order valence-electron chi connectivity index (χ4n) is 2.53. The van der Waals surface area contributed by atoms with Crippen LogP contribution in [0.1, 0.15) is 70.1 Å². The zero-order valence-corrected chi connectivity index (χ0v) is 19.2. The van der Waals surface area contributed by atoms with Gasteiger partial charge < -0.3 is 14.2 Å². The van der Waals surface area contributed by atoms with Gasteiger partial charge in [0.1, 0.15) is 21.7 Å². The highest BCUT2D eigenvalue weighted by atomic mass is 35.5. The van der Waals surface area contributed by atoms with Crippen molar-refractivity contribution >= 4 is 46.7 Å². The molecule has 2 saturated carbocycles. The van der Waals surface area contributed by atoms with Crippen LogP contribution in [0.15, 0.2) is 0 Å². The molecule has 0 bridgehead atoms. The third-order valence-corrected chi connectivity index (χ3v) is 5.57. The van der Waals surface area contributed by atoms with E-state index in [0.717, 1.165) is 25.7 Å². The fourth-order valence-corrected chi connectivity index (χ4v) is 3.10. The predicted molar refractivity (Wildman–Crippen MR) is 112 cm³/mol. The van der Waals surface area contributed by atoms with E-state index >= 15 is 0 Å². The van der Waals surface area contributed by atoms with Gasteiger partial charge in [0.15, 0.2) is 16.5 Å². The zero-order chi connectivity index (χ0) is 22.7. The molecule has 2 aliphatic rings. The van der Waals surface area contributed by atoms with Gasteiger partial charge in [-0.1, -0.05) is 34.8 Å². The summed E-state index contributed by atoms with van der Waals surface area (Å²) in [7, 11) is 4.00. The van der Waals surface area contributed by atoms with E-state index in [1.807, 2.05) is 0 Å². The van der Waals surface area contributed by atoms with E-state index < -0.39 is 11.9 Å². The number of carbonyl (C=O) groups is 2. The molecule has 2 heterocycles. The lowest BCUT2D eigenvalue weighted by Gasteiger charge is -2.08. The quantitative estimate of drug-likeness (QED) is 0.449. The molecule has 31 heavy (non-hydrogen) atoms. The molecule has 0 amide bonds. The van der Waals surface area contributed by atoms with Crippen LogP contribution in [0.3, 0.4) is 0 Å². The van der Waals surface area contributed by atoms with Gasteiger partial charge in [0.2, 0.25) is 5.88 Å². The Bertz CT molecular complexity index is 1010. The summed E-state index contributed by atoms with van der Waals surface area (Å²) < 4.78 is 14.2. The number of carbonyl (C=O) groups excluding carboxylic acids is 2. The van der Waals surface area contributed by atoms with Crippen molar-refractivity contribution in [2.75, 3.05) is 21.3 Å². The van der Waals surface area contributed by atoms with Gasteiger partial charge >= 0.3 is 11.9 Å². The first-order valence-electron chi connectivity index (χ1n) is 9.31. The van der Waals surface area contributed by atoms with Gasteiger partial charge in [-0.2, -0.15) is 4.98 Å². The second-order valence-corrected chi connectivity index (χ2v) is 7.93. The highest BCUT2D eigenvalue weighted by Gasteiger charge is 2.31. The van der Waals surface area contributed by atoms with Crippen LogP contribution in [-0.2, 0) is 9.47 Å². The minimum atomic E-state index is -0.591. The standard InChI is InChI=1S/C10H11ClN2O3.C9H8Cl2N2O2/c1-15-9-6(11)7(10(14)16-2)12-8(13-9)5-3-4-5;1-15-9(14)6-5(10)7(11)13-8(12-6)4-2-3-4/h5H,3-4H2,1-2H3;4H,2-3H2,1H3. The summed E-state index contributed by atoms with van der Waals surface area (Å²) in [6.45, 7) is 0. The number of ether oxygens (including phenoxy) is 3. The lowest BCUT2D eigenvalue weighted by molar-refractivity contribution is 0.0584. The molecular weight excluding hydrogens is 471 g/mol. The highest BCUT2D eigenvalue weighted by Crippen LogP contribution is 2.40. The molecule has 0 saturated heterocycles. The van der Waals surface area contributed by atoms with Crippen molar-refractivity contribution in [2.24, 2.45) is 0 Å². The van der Waals surface area contributed by atoms with E-state index in [1.54, 1.807) is 0 Å². The van der Waals surface area contributed by atoms with Crippen molar-refractivity contribution in [3.05, 3.63) is 38.2 Å². The Labute approximate surface area is 193 Å². The Morgan fingerprint density at radius 2 is 1.19 bits per heavy atom. The highest BCUT2D eigenvalue weighted by molar-refractivity contribution is 6.42. The monoisotopic (exact) mass is 488 g/mol. The van der Waals surface area contributed by atoms with Gasteiger partial charge in [-0.3, -0.25) is 0 Å². The van der Waals surface area contributed by atoms with Crippen LogP contribution in [0, 0.1) is 0 Å². The lowest BCUT2D eigenvalue weighted by atomic mass is 10.3. The number of esters is 2. The van der Waals surface area contributed by atoms with Crippen molar-refractivity contribution in [2.45, 2.75) is 37.5 Å². The molecule has 0 aliphatic heterocycles. The molecule has 2 fully saturated rings. The molecule has 0 aromatic carbocycles. The van der Waals surface area contributed by atoms with Gasteiger partial charge in [-0.15, -0.1) is 0 Å². The third kappa shape index (κ3) is 5.53. The Hall–Kier alpha value is -2.23. The second-order valence-electron chi connectivity index (χ2n) is 6.82. The van der Waals surface area contributed by atoms with Crippen molar-refractivity contribution in [1.82, 2.24) is 19.9 Å². The molecule has 9 nitrogen and oxygen atoms in total. The van der Waals surface area contributed by atoms with Crippen LogP contribution in [0.5, 0.6) is 5.88 Å². The van der Waals surface area contributed by atoms with E-state index in [1.165, 1.54) is 21.3 Å². The van der Waals surface area contributed by atoms with Crippen molar-refractivity contribution in [3.63, 3.8) is 0 Å². The Kier molecular flexibility index (Phi) is 7.51. The molecular formula is C19H19Cl3N4O5. The Morgan fingerprint density at radius 1 is 0.742 bits per heavy atom. The Balaban J connectivity index is 0.000000176. The maximum Gasteiger partial charge on any atom is 0.358 e. The van der Waals surface area contributed by atoms with E-state index in [2.05, 4.69) is 29.4 Å². The number of hydrogen-bond acceptors (Lipinski definition) is 9. The summed E-state index contributed by atoms with van der Waals surface area (Å²) in [6.07, 6.45) is 4.12. The molecule has 2 aromatic heterocycles. The number of halogens is 3. The molecule has 0 spiro atoms. The smallest absolute Gasteiger partial charge is 0.358 e. The average Bonchev–Trinajstić information content (AvgIpc) is 3.67. The predicted octanol–water partition coefficient (Wildman–Crippen LogP) is 4.25. The zero-order valence-electron chi connectivity index (χ0n) is 16.9. The molecule has 4 rings (SSSR count). The first kappa shape index (κ1) is 23.4. The summed E-state index contributed by atoms with van der Waals surface area (Å²) in [6, 6.07) is 0. The number of aromatic nitrogens is 4. The normalized spacial score (nSPS) is 14.9. The summed E-state index contributed by atoms with van der Waals surface area (Å²) in [5, 5.41) is 0.251. The largest absolute Gasteiger partial charge is 0.480 e. The molecule has 166 valence electrons. The topological polar surface area (TPSA) is 113 Å². The Morgan fingerprint density at radius 3 is 1.61 bits per heavy atom. The third-order valence-electron chi connectivity index (χ3n) is 4.50. The van der Waals surface area contributed by atoms with Gasteiger partial charge in [0.25, 0.3) is 0 Å². The van der Waals surface area contributed by atoms with Gasteiger partial charge in [-0.25, -0.2) is 24.5 Å². The number of hydrogen-bond donors (Lipinski definition) is 0. The van der Waals surface area contributed by atoms with Crippen molar-refractivity contribution < 1.29 is 23.8 Å². The molecule has 2 aliphatic carbocycles. The summed E-state index contributed by atoms with van der Waals surface area (Å²) in [5.74, 6) is 0.849. The number of nitrogens with zero attached hydrogens (tertiary/aromatic N) is 4.